The second kappa shape index (κ2) is 4.56. The third-order valence-corrected chi connectivity index (χ3v) is 2.04. The van der Waals surface area contributed by atoms with E-state index >= 15 is 0 Å². The molecule has 1 fully saturated rings. The van der Waals surface area contributed by atoms with Gasteiger partial charge in [-0.1, -0.05) is 5.11 Å². The molecule has 1 aliphatic rings. The lowest BCUT2D eigenvalue weighted by Gasteiger charge is -2.18. The van der Waals surface area contributed by atoms with E-state index in [0.717, 1.165) is 0 Å². The maximum Gasteiger partial charge on any atom is 0.183 e. The van der Waals surface area contributed by atoms with Gasteiger partial charge in [-0.3, -0.25) is 0 Å². The molecule has 80 valence electrons. The third-order valence-electron chi connectivity index (χ3n) is 2.04. The van der Waals surface area contributed by atoms with Crippen LogP contribution in [0.5, 0.6) is 0 Å². The lowest BCUT2D eigenvalue weighted by molar-refractivity contribution is -0.131. The van der Waals surface area contributed by atoms with E-state index in [1.54, 1.807) is 0 Å². The Kier molecular flexibility index (Phi) is 3.64. The van der Waals surface area contributed by atoms with Crippen molar-refractivity contribution in [2.75, 3.05) is 6.61 Å². The minimum Gasteiger partial charge on any atom is -0.396 e. The van der Waals surface area contributed by atoms with Crippen LogP contribution in [-0.2, 0) is 4.74 Å². The molecule has 0 radical (unpaired) electrons. The zero-order valence-corrected chi connectivity index (χ0v) is 7.13. The van der Waals surface area contributed by atoms with Gasteiger partial charge in [0.05, 0.1) is 12.6 Å². The van der Waals surface area contributed by atoms with Gasteiger partial charge in [0.15, 0.2) is 6.29 Å². The first-order chi connectivity index (χ1) is 6.61. The summed E-state index contributed by atoms with van der Waals surface area (Å²) in [5, 5.41) is 39.4. The average Bonchev–Trinajstić information content (AvgIpc) is 2.42. The Balaban J connectivity index is 2.73. The Hall–Kier alpha value is -0.890. The van der Waals surface area contributed by atoms with Crippen LogP contribution in [0, 0.1) is 0 Å². The largest absolute Gasteiger partial charge is 0.396 e. The molecule has 0 aromatic carbocycles. The molecule has 1 heterocycles. The maximum atomic E-state index is 9.33. The monoisotopic (exact) mass is 205 g/mol. The molecule has 8 heteroatoms. The van der Waals surface area contributed by atoms with Crippen molar-refractivity contribution in [1.82, 2.24) is 0 Å². The molecule has 0 aliphatic carbocycles. The van der Waals surface area contributed by atoms with Crippen LogP contribution in [0.15, 0.2) is 5.11 Å². The molecule has 0 aromatic rings. The average molecular weight is 205 g/mol. The minimum atomic E-state index is -1.53. The number of azide groups is 1. The highest BCUT2D eigenvalue weighted by Gasteiger charge is 2.45. The predicted octanol–water partition coefficient (Wildman–Crippen LogP) is -1.90. The van der Waals surface area contributed by atoms with Gasteiger partial charge in [-0.15, -0.1) is 0 Å². The number of aliphatic hydroxyl groups excluding tert-OH is 4. The van der Waals surface area contributed by atoms with Crippen LogP contribution in [0.2, 0.25) is 0 Å². The van der Waals surface area contributed by atoms with Crippen LogP contribution in [0.3, 0.4) is 0 Å². The highest BCUT2D eigenvalue weighted by molar-refractivity contribution is 4.93. The molecule has 5 atom stereocenters. The first kappa shape index (κ1) is 11.2. The lowest BCUT2D eigenvalue weighted by atomic mass is 10.1. The molecule has 0 bridgehead atoms. The van der Waals surface area contributed by atoms with Gasteiger partial charge in [0.1, 0.15) is 18.3 Å². The molecule has 4 N–H and O–H groups in total. The predicted molar refractivity (Wildman–Crippen MR) is 42.9 cm³/mol. The number of nitrogens with zero attached hydrogens (tertiary/aromatic N) is 3. The highest BCUT2D eigenvalue weighted by Crippen LogP contribution is 2.23. The fourth-order valence-corrected chi connectivity index (χ4v) is 1.28. The zero-order valence-electron chi connectivity index (χ0n) is 7.13. The van der Waals surface area contributed by atoms with Gasteiger partial charge < -0.3 is 25.2 Å². The van der Waals surface area contributed by atoms with Crippen molar-refractivity contribution in [2.45, 2.75) is 30.6 Å². The summed E-state index contributed by atoms with van der Waals surface area (Å²) < 4.78 is 4.72. The molecule has 0 aromatic heterocycles. The minimum absolute atomic E-state index is 0.536. The van der Waals surface area contributed by atoms with Gasteiger partial charge in [0.2, 0.25) is 0 Å². The molecule has 8 nitrogen and oxygen atoms in total. The summed E-state index contributed by atoms with van der Waals surface area (Å²) in [4.78, 5) is 2.45. The summed E-state index contributed by atoms with van der Waals surface area (Å²) in [6, 6.07) is -1.03. The first-order valence-electron chi connectivity index (χ1n) is 3.96. The molecule has 14 heavy (non-hydrogen) atoms. The second-order valence-electron chi connectivity index (χ2n) is 2.93. The van der Waals surface area contributed by atoms with E-state index < -0.39 is 37.3 Å². The van der Waals surface area contributed by atoms with Crippen molar-refractivity contribution in [3.05, 3.63) is 10.4 Å². The fraction of sp³-hybridized carbons (Fsp3) is 1.00. The lowest BCUT2D eigenvalue weighted by Crippen LogP contribution is -2.39. The van der Waals surface area contributed by atoms with Crippen LogP contribution >= 0.6 is 0 Å². The standard InChI is InChI=1S/C6H11N3O5/c7-9-8-2(1-10)5-3(11)4(12)6(13)14-5/h2-6,10-13H,1H2/t2-,3+,4+,5+,6?/m0/s1. The van der Waals surface area contributed by atoms with Crippen LogP contribution in [0.1, 0.15) is 0 Å². The molecule has 0 amide bonds. The Morgan fingerprint density at radius 3 is 2.36 bits per heavy atom. The molecule has 0 saturated carbocycles. The van der Waals surface area contributed by atoms with E-state index in [-0.39, 0.29) is 0 Å². The summed E-state index contributed by atoms with van der Waals surface area (Å²) in [6.07, 6.45) is -5.46. The number of hydrogen-bond donors (Lipinski definition) is 4. The summed E-state index contributed by atoms with van der Waals surface area (Å²) in [6.45, 7) is -0.536. The van der Waals surface area contributed by atoms with E-state index in [0.29, 0.717) is 0 Å². The number of rotatable bonds is 3. The van der Waals surface area contributed by atoms with Crippen LogP contribution in [-0.4, -0.2) is 57.7 Å². The quantitative estimate of drug-likeness (QED) is 0.242. The van der Waals surface area contributed by atoms with Crippen LogP contribution in [0.25, 0.3) is 10.4 Å². The van der Waals surface area contributed by atoms with Gasteiger partial charge >= 0.3 is 0 Å². The number of hydrogen-bond acceptors (Lipinski definition) is 6. The molecule has 1 saturated heterocycles. The van der Waals surface area contributed by atoms with Gasteiger partial charge in [-0.2, -0.15) is 0 Å². The van der Waals surface area contributed by atoms with Crippen molar-refractivity contribution < 1.29 is 25.2 Å². The zero-order chi connectivity index (χ0) is 10.7. The third kappa shape index (κ3) is 1.95. The normalized spacial score (nSPS) is 39.1. The van der Waals surface area contributed by atoms with Crippen LogP contribution < -0.4 is 0 Å². The number of ether oxygens (including phenoxy) is 1. The molecule has 1 unspecified atom stereocenters. The summed E-state index contributed by atoms with van der Waals surface area (Å²) in [5.74, 6) is 0. The van der Waals surface area contributed by atoms with Gasteiger partial charge in [0, 0.05) is 4.91 Å². The molecular weight excluding hydrogens is 194 g/mol. The molecule has 0 spiro atoms. The van der Waals surface area contributed by atoms with Gasteiger partial charge in [-0.05, 0) is 5.53 Å². The SMILES string of the molecule is [N-]=[N+]=N[C@@H](CO)[C@H]1OC(O)[C@H](O)[C@H]1O. The topological polar surface area (TPSA) is 139 Å². The van der Waals surface area contributed by atoms with Gasteiger partial charge in [-0.25, -0.2) is 0 Å². The smallest absolute Gasteiger partial charge is 0.183 e. The number of aliphatic hydroxyl groups is 4. The van der Waals surface area contributed by atoms with E-state index in [4.69, 9.17) is 25.6 Å². The van der Waals surface area contributed by atoms with Gasteiger partial charge in [0.25, 0.3) is 0 Å². The molecule has 1 aliphatic heterocycles. The first-order valence-corrected chi connectivity index (χ1v) is 3.96. The van der Waals surface area contributed by atoms with E-state index in [1.165, 1.54) is 0 Å². The summed E-state index contributed by atoms with van der Waals surface area (Å²) in [5.41, 5.74) is 8.13. The Morgan fingerprint density at radius 2 is 2.00 bits per heavy atom. The van der Waals surface area contributed by atoms with Crippen molar-refractivity contribution >= 4 is 0 Å². The maximum absolute atomic E-state index is 9.33. The van der Waals surface area contributed by atoms with Crippen molar-refractivity contribution in [3.8, 4) is 0 Å². The molecular formula is C6H11N3O5. The van der Waals surface area contributed by atoms with Crippen LogP contribution in [0.4, 0.5) is 0 Å². The second-order valence-corrected chi connectivity index (χ2v) is 2.93. The van der Waals surface area contributed by atoms with Crippen molar-refractivity contribution in [3.63, 3.8) is 0 Å². The van der Waals surface area contributed by atoms with E-state index in [9.17, 15) is 5.11 Å². The Labute approximate surface area is 79.0 Å². The van der Waals surface area contributed by atoms with E-state index in [2.05, 4.69) is 10.0 Å². The van der Waals surface area contributed by atoms with E-state index in [1.807, 2.05) is 0 Å². The summed E-state index contributed by atoms with van der Waals surface area (Å²) in [7, 11) is 0. The fourth-order valence-electron chi connectivity index (χ4n) is 1.28. The van der Waals surface area contributed by atoms with Crippen molar-refractivity contribution in [2.24, 2.45) is 5.11 Å². The summed E-state index contributed by atoms with van der Waals surface area (Å²) >= 11 is 0. The highest BCUT2D eigenvalue weighted by atomic mass is 16.6. The molecule has 1 rings (SSSR count). The Bertz CT molecular complexity index is 244. The van der Waals surface area contributed by atoms with Crippen molar-refractivity contribution in [1.29, 1.82) is 0 Å². The Morgan fingerprint density at radius 1 is 1.36 bits per heavy atom.